The summed E-state index contributed by atoms with van der Waals surface area (Å²) < 4.78 is 0. The predicted molar refractivity (Wildman–Crippen MR) is 33.4 cm³/mol. The van der Waals surface area contributed by atoms with Crippen molar-refractivity contribution in [3.63, 3.8) is 0 Å². The Labute approximate surface area is 47.6 Å². The molecular weight excluding hydrogens is 116 g/mol. The van der Waals surface area contributed by atoms with Crippen LogP contribution < -0.4 is 0 Å². The normalized spacial score (nSPS) is 10.3. The first-order chi connectivity index (χ1) is 2.91. The summed E-state index contributed by atoms with van der Waals surface area (Å²) in [7, 11) is 0. The van der Waals surface area contributed by atoms with Gasteiger partial charge in [-0.05, 0) is 11.7 Å². The van der Waals surface area contributed by atoms with Crippen molar-refractivity contribution in [3.8, 4) is 0 Å². The lowest BCUT2D eigenvalue weighted by Gasteiger charge is -1.71. The van der Waals surface area contributed by atoms with Crippen LogP contribution in [0.2, 0.25) is 0 Å². The fraction of sp³-hybridized carbons (Fsp3) is 0.500. The molecule has 0 spiro atoms. The van der Waals surface area contributed by atoms with E-state index in [9.17, 15) is 0 Å². The van der Waals surface area contributed by atoms with Gasteiger partial charge in [0.15, 0.2) is 0 Å². The fourth-order valence-corrected chi connectivity index (χ4v) is 0.616. The molecule has 0 aromatic carbocycles. The van der Waals surface area contributed by atoms with Crippen LogP contribution in [-0.2, 0) is 0 Å². The summed E-state index contributed by atoms with van der Waals surface area (Å²) in [6.07, 6.45) is 3.91. The summed E-state index contributed by atoms with van der Waals surface area (Å²) >= 11 is 6.94. The van der Waals surface area contributed by atoms with E-state index in [0.717, 1.165) is 0 Å². The van der Waals surface area contributed by atoms with Gasteiger partial charge in [0.25, 0.3) is 0 Å². The van der Waals surface area contributed by atoms with Gasteiger partial charge >= 0.3 is 0 Å². The highest BCUT2D eigenvalue weighted by atomic mass is 35.5. The first-order valence-electron chi connectivity index (χ1n) is 1.65. The van der Waals surface area contributed by atoms with Gasteiger partial charge < -0.3 is 0 Å². The number of rotatable bonds is 2. The molecular formula is C4H7ClS. The maximum absolute atomic E-state index is 5.28. The van der Waals surface area contributed by atoms with Crippen molar-refractivity contribution < 1.29 is 0 Å². The van der Waals surface area contributed by atoms with Gasteiger partial charge in [-0.1, -0.05) is 6.08 Å². The highest BCUT2D eigenvalue weighted by Crippen LogP contribution is 1.92. The van der Waals surface area contributed by atoms with Crippen molar-refractivity contribution in [2.24, 2.45) is 0 Å². The summed E-state index contributed by atoms with van der Waals surface area (Å²) in [4.78, 5) is 0. The summed E-state index contributed by atoms with van der Waals surface area (Å²) in [5, 5.41) is 1.97. The van der Waals surface area contributed by atoms with Gasteiger partial charge in [0.2, 0.25) is 0 Å². The smallest absolute Gasteiger partial charge is 0.0412 e. The Balaban J connectivity index is 2.73. The third-order valence-corrected chi connectivity index (χ3v) is 0.964. The number of hydrogen-bond donors (Lipinski definition) is 0. The SMILES string of the molecule is CS/C=C/CCl. The Bertz CT molecular complexity index is 36.8. The monoisotopic (exact) mass is 122 g/mol. The molecule has 0 heterocycles. The first kappa shape index (κ1) is 6.38. The quantitative estimate of drug-likeness (QED) is 0.506. The zero-order valence-corrected chi connectivity index (χ0v) is 5.22. The Morgan fingerprint density at radius 3 is 2.67 bits per heavy atom. The van der Waals surface area contributed by atoms with E-state index in [0.29, 0.717) is 5.88 Å². The molecule has 0 fully saturated rings. The molecule has 0 aromatic rings. The van der Waals surface area contributed by atoms with Crippen molar-refractivity contribution in [3.05, 3.63) is 11.5 Å². The molecule has 0 unspecified atom stereocenters. The summed E-state index contributed by atoms with van der Waals surface area (Å²) in [5.41, 5.74) is 0. The van der Waals surface area contributed by atoms with Crippen molar-refractivity contribution in [2.75, 3.05) is 12.1 Å². The van der Waals surface area contributed by atoms with E-state index in [1.54, 1.807) is 11.8 Å². The Morgan fingerprint density at radius 1 is 1.83 bits per heavy atom. The molecule has 36 valence electrons. The van der Waals surface area contributed by atoms with E-state index in [4.69, 9.17) is 11.6 Å². The lowest BCUT2D eigenvalue weighted by atomic mass is 10.8. The number of allylic oxidation sites excluding steroid dienone is 1. The molecule has 6 heavy (non-hydrogen) atoms. The standard InChI is InChI=1S/C4H7ClS/c1-6-4-2-3-5/h2,4H,3H2,1H3/b4-2+. The zero-order chi connectivity index (χ0) is 4.83. The maximum Gasteiger partial charge on any atom is 0.0412 e. The van der Waals surface area contributed by atoms with Gasteiger partial charge in [0.05, 0.1) is 0 Å². The van der Waals surface area contributed by atoms with Crippen LogP contribution in [0.3, 0.4) is 0 Å². The molecule has 0 bridgehead atoms. The Kier molecular flexibility index (Phi) is 5.72. The molecule has 0 saturated carbocycles. The molecule has 0 radical (unpaired) electrons. The molecule has 0 atom stereocenters. The summed E-state index contributed by atoms with van der Waals surface area (Å²) in [6, 6.07) is 0. The molecule has 2 heteroatoms. The second-order valence-corrected chi connectivity index (χ2v) is 1.81. The Morgan fingerprint density at radius 2 is 2.50 bits per heavy atom. The van der Waals surface area contributed by atoms with Gasteiger partial charge in [-0.2, -0.15) is 0 Å². The third kappa shape index (κ3) is 4.38. The van der Waals surface area contributed by atoms with Crippen LogP contribution in [0.4, 0.5) is 0 Å². The average molecular weight is 123 g/mol. The minimum Gasteiger partial charge on any atom is -0.138 e. The van der Waals surface area contributed by atoms with E-state index < -0.39 is 0 Å². The van der Waals surface area contributed by atoms with Crippen LogP contribution in [0.5, 0.6) is 0 Å². The molecule has 0 nitrogen and oxygen atoms in total. The predicted octanol–water partition coefficient (Wildman–Crippen LogP) is 2.10. The van der Waals surface area contributed by atoms with Crippen molar-refractivity contribution in [1.82, 2.24) is 0 Å². The molecule has 0 aromatic heterocycles. The number of alkyl halides is 1. The average Bonchev–Trinajstić information content (AvgIpc) is 1.61. The van der Waals surface area contributed by atoms with E-state index >= 15 is 0 Å². The maximum atomic E-state index is 5.28. The third-order valence-electron chi connectivity index (χ3n) is 0.321. The van der Waals surface area contributed by atoms with Crippen LogP contribution in [-0.4, -0.2) is 12.1 Å². The van der Waals surface area contributed by atoms with Crippen LogP contribution >= 0.6 is 23.4 Å². The molecule has 0 aliphatic rings. The van der Waals surface area contributed by atoms with Crippen LogP contribution in [0.15, 0.2) is 11.5 Å². The highest BCUT2D eigenvalue weighted by Gasteiger charge is 1.61. The topological polar surface area (TPSA) is 0 Å². The summed E-state index contributed by atoms with van der Waals surface area (Å²) in [5.74, 6) is 0.626. The number of halogens is 1. The molecule has 0 N–H and O–H groups in total. The minimum absolute atomic E-state index is 0.626. The van der Waals surface area contributed by atoms with E-state index in [1.807, 2.05) is 17.7 Å². The second-order valence-electron chi connectivity index (χ2n) is 0.762. The fourth-order valence-electron chi connectivity index (χ4n) is 0.133. The van der Waals surface area contributed by atoms with Crippen molar-refractivity contribution in [2.45, 2.75) is 0 Å². The minimum atomic E-state index is 0.626. The first-order valence-corrected chi connectivity index (χ1v) is 3.48. The molecule has 0 saturated heterocycles. The van der Waals surface area contributed by atoms with Gasteiger partial charge in [-0.25, -0.2) is 0 Å². The largest absolute Gasteiger partial charge is 0.138 e. The van der Waals surface area contributed by atoms with E-state index in [1.165, 1.54) is 0 Å². The number of hydrogen-bond acceptors (Lipinski definition) is 1. The van der Waals surface area contributed by atoms with Crippen molar-refractivity contribution in [1.29, 1.82) is 0 Å². The van der Waals surface area contributed by atoms with Crippen LogP contribution in [0, 0.1) is 0 Å². The van der Waals surface area contributed by atoms with Crippen LogP contribution in [0.1, 0.15) is 0 Å². The lowest BCUT2D eigenvalue weighted by molar-refractivity contribution is 1.79. The molecule has 0 aliphatic carbocycles. The molecule has 0 aliphatic heterocycles. The van der Waals surface area contributed by atoms with Gasteiger partial charge in [0.1, 0.15) is 0 Å². The van der Waals surface area contributed by atoms with E-state index in [2.05, 4.69) is 0 Å². The Hall–Kier alpha value is 0.380. The number of thioether (sulfide) groups is 1. The lowest BCUT2D eigenvalue weighted by Crippen LogP contribution is -1.52. The zero-order valence-electron chi connectivity index (χ0n) is 3.65. The van der Waals surface area contributed by atoms with Crippen LogP contribution in [0.25, 0.3) is 0 Å². The molecule has 0 rings (SSSR count). The summed E-state index contributed by atoms with van der Waals surface area (Å²) in [6.45, 7) is 0. The molecule has 0 amide bonds. The highest BCUT2D eigenvalue weighted by molar-refractivity contribution is 8.01. The van der Waals surface area contributed by atoms with E-state index in [-0.39, 0.29) is 0 Å². The second kappa shape index (κ2) is 5.38. The van der Waals surface area contributed by atoms with Crippen molar-refractivity contribution >= 4 is 23.4 Å². The van der Waals surface area contributed by atoms with Gasteiger partial charge in [-0.15, -0.1) is 23.4 Å². The van der Waals surface area contributed by atoms with Gasteiger partial charge in [-0.3, -0.25) is 0 Å². The van der Waals surface area contributed by atoms with Gasteiger partial charge in [0, 0.05) is 5.88 Å².